The first-order chi connectivity index (χ1) is 14.9. The van der Waals surface area contributed by atoms with Crippen LogP contribution in [0.4, 0.5) is 30.2 Å². The zero-order valence-electron chi connectivity index (χ0n) is 17.6. The average Bonchev–Trinajstić information content (AvgIpc) is 2.69. The minimum Gasteiger partial charge on any atom is -0.326 e. The van der Waals surface area contributed by atoms with Crippen molar-refractivity contribution in [1.82, 2.24) is 0 Å². The average molecular weight is 472 g/mol. The molecule has 32 heavy (non-hydrogen) atoms. The van der Waals surface area contributed by atoms with Crippen molar-refractivity contribution in [2.24, 2.45) is 0 Å². The fraction of sp³-hybridized carbons (Fsp3) is 0.286. The smallest absolute Gasteiger partial charge is 0.326 e. The molecule has 0 aliphatic carbocycles. The standard InChI is InChI=1S/C21H22ClF3N4O3/c1-12(20(32)28-15-6-4-14(5-7-15)26-13(2)30)29(3)11-19(31)27-16-8-9-18(22)17(10-16)21(23,24)25/h4-10,12H,11H2,1-3H3,(H,26,30)(H,27,31)(H,28,32)/p+1/t12-/m0/s1. The van der Waals surface area contributed by atoms with Crippen LogP contribution < -0.4 is 20.9 Å². The molecule has 11 heteroatoms. The summed E-state index contributed by atoms with van der Waals surface area (Å²) in [5, 5.41) is 7.25. The van der Waals surface area contributed by atoms with Crippen molar-refractivity contribution in [2.75, 3.05) is 29.5 Å². The van der Waals surface area contributed by atoms with Crippen LogP contribution in [-0.4, -0.2) is 37.4 Å². The van der Waals surface area contributed by atoms with E-state index >= 15 is 0 Å². The molecule has 4 N–H and O–H groups in total. The van der Waals surface area contributed by atoms with Crippen LogP contribution in [0.3, 0.4) is 0 Å². The lowest BCUT2D eigenvalue weighted by atomic mass is 10.2. The van der Waals surface area contributed by atoms with E-state index in [1.807, 2.05) is 0 Å². The summed E-state index contributed by atoms with van der Waals surface area (Å²) in [6, 6.07) is 8.96. The molecule has 0 saturated heterocycles. The van der Waals surface area contributed by atoms with Crippen LogP contribution in [-0.2, 0) is 20.6 Å². The van der Waals surface area contributed by atoms with E-state index < -0.39 is 28.7 Å². The van der Waals surface area contributed by atoms with Crippen molar-refractivity contribution >= 4 is 46.4 Å². The van der Waals surface area contributed by atoms with E-state index in [2.05, 4.69) is 16.0 Å². The number of rotatable bonds is 7. The summed E-state index contributed by atoms with van der Waals surface area (Å²) in [5.74, 6) is -1.13. The highest BCUT2D eigenvalue weighted by Crippen LogP contribution is 2.36. The third-order valence-electron chi connectivity index (χ3n) is 4.60. The third-order valence-corrected chi connectivity index (χ3v) is 4.93. The van der Waals surface area contributed by atoms with Crippen LogP contribution in [0.25, 0.3) is 0 Å². The second-order valence-electron chi connectivity index (χ2n) is 7.23. The van der Waals surface area contributed by atoms with Gasteiger partial charge in [0.15, 0.2) is 12.6 Å². The molecule has 172 valence electrons. The molecule has 0 heterocycles. The van der Waals surface area contributed by atoms with Gasteiger partial charge in [0, 0.05) is 24.0 Å². The zero-order valence-corrected chi connectivity index (χ0v) is 18.3. The van der Waals surface area contributed by atoms with Crippen molar-refractivity contribution in [3.8, 4) is 0 Å². The van der Waals surface area contributed by atoms with Gasteiger partial charge in [-0.3, -0.25) is 14.4 Å². The molecular weight excluding hydrogens is 449 g/mol. The third kappa shape index (κ3) is 7.24. The Hall–Kier alpha value is -3.11. The molecule has 2 aromatic carbocycles. The molecule has 0 bridgehead atoms. The predicted molar refractivity (Wildman–Crippen MR) is 116 cm³/mol. The summed E-state index contributed by atoms with van der Waals surface area (Å²) in [4.78, 5) is 36.3. The van der Waals surface area contributed by atoms with Crippen LogP contribution in [0.5, 0.6) is 0 Å². The molecule has 2 rings (SSSR count). The van der Waals surface area contributed by atoms with Crippen LogP contribution in [0.15, 0.2) is 42.5 Å². The van der Waals surface area contributed by atoms with Gasteiger partial charge in [0.25, 0.3) is 11.8 Å². The summed E-state index contributed by atoms with van der Waals surface area (Å²) < 4.78 is 38.9. The lowest BCUT2D eigenvalue weighted by Crippen LogP contribution is -3.14. The Morgan fingerprint density at radius 3 is 2.03 bits per heavy atom. The summed E-state index contributed by atoms with van der Waals surface area (Å²) in [7, 11) is 1.62. The number of hydrogen-bond donors (Lipinski definition) is 4. The Morgan fingerprint density at radius 2 is 1.50 bits per heavy atom. The van der Waals surface area contributed by atoms with Crippen molar-refractivity contribution < 1.29 is 32.5 Å². The van der Waals surface area contributed by atoms with E-state index in [9.17, 15) is 27.6 Å². The van der Waals surface area contributed by atoms with Gasteiger partial charge in [-0.05, 0) is 49.4 Å². The van der Waals surface area contributed by atoms with Gasteiger partial charge >= 0.3 is 6.18 Å². The van der Waals surface area contributed by atoms with Gasteiger partial charge in [0.1, 0.15) is 0 Å². The number of halogens is 4. The van der Waals surface area contributed by atoms with Crippen molar-refractivity contribution in [3.63, 3.8) is 0 Å². The van der Waals surface area contributed by atoms with Crippen LogP contribution in [0.1, 0.15) is 19.4 Å². The number of amides is 3. The van der Waals surface area contributed by atoms with Gasteiger partial charge in [0.2, 0.25) is 5.91 Å². The monoisotopic (exact) mass is 471 g/mol. The van der Waals surface area contributed by atoms with E-state index in [0.717, 1.165) is 12.1 Å². The van der Waals surface area contributed by atoms with E-state index in [-0.39, 0.29) is 24.0 Å². The highest BCUT2D eigenvalue weighted by atomic mass is 35.5. The van der Waals surface area contributed by atoms with Gasteiger partial charge in [-0.15, -0.1) is 0 Å². The molecule has 1 unspecified atom stereocenters. The Balaban J connectivity index is 1.93. The highest BCUT2D eigenvalue weighted by Gasteiger charge is 2.33. The fourth-order valence-corrected chi connectivity index (χ4v) is 2.97. The number of carbonyl (C=O) groups is 3. The van der Waals surface area contributed by atoms with Crippen LogP contribution >= 0.6 is 11.6 Å². The quantitative estimate of drug-likeness (QED) is 0.500. The lowest BCUT2D eigenvalue weighted by molar-refractivity contribution is -0.885. The SMILES string of the molecule is CC(=O)Nc1ccc(NC(=O)[C@H](C)[NH+](C)CC(=O)Nc2ccc(Cl)c(C(F)(F)F)c2)cc1. The molecule has 0 spiro atoms. The Kier molecular flexibility index (Phi) is 8.23. The number of anilines is 3. The molecule has 0 fully saturated rings. The Morgan fingerprint density at radius 1 is 0.969 bits per heavy atom. The lowest BCUT2D eigenvalue weighted by Gasteiger charge is -2.21. The largest absolute Gasteiger partial charge is 0.417 e. The molecule has 3 amide bonds. The number of likely N-dealkylation sites (N-methyl/N-ethyl adjacent to an activating group) is 1. The van der Waals surface area contributed by atoms with Gasteiger partial charge in [-0.2, -0.15) is 13.2 Å². The topological polar surface area (TPSA) is 91.7 Å². The molecular formula is C21H23ClF3N4O3+. The van der Waals surface area contributed by atoms with Gasteiger partial charge in [0.05, 0.1) is 17.6 Å². The fourth-order valence-electron chi connectivity index (χ4n) is 2.75. The molecule has 2 atom stereocenters. The number of hydrogen-bond acceptors (Lipinski definition) is 3. The van der Waals surface area contributed by atoms with Crippen molar-refractivity contribution in [1.29, 1.82) is 0 Å². The predicted octanol–water partition coefficient (Wildman–Crippen LogP) is 2.80. The Labute approximate surface area is 187 Å². The number of benzene rings is 2. The van der Waals surface area contributed by atoms with E-state index in [1.165, 1.54) is 13.0 Å². The second kappa shape index (κ2) is 10.5. The van der Waals surface area contributed by atoms with E-state index in [1.54, 1.807) is 38.2 Å². The zero-order chi connectivity index (χ0) is 24.1. The molecule has 7 nitrogen and oxygen atoms in total. The normalized spacial score (nSPS) is 13.1. The number of carbonyl (C=O) groups excluding carboxylic acids is 3. The summed E-state index contributed by atoms with van der Waals surface area (Å²) >= 11 is 5.58. The molecule has 0 aromatic heterocycles. The number of alkyl halides is 3. The molecule has 0 saturated carbocycles. The molecule has 0 radical (unpaired) electrons. The Bertz CT molecular complexity index is 997. The highest BCUT2D eigenvalue weighted by molar-refractivity contribution is 6.31. The minimum absolute atomic E-state index is 0.0455. The van der Waals surface area contributed by atoms with Crippen molar-refractivity contribution in [2.45, 2.75) is 26.1 Å². The van der Waals surface area contributed by atoms with E-state index in [4.69, 9.17) is 11.6 Å². The van der Waals surface area contributed by atoms with Gasteiger partial charge in [-0.25, -0.2) is 0 Å². The number of quaternary nitrogens is 1. The minimum atomic E-state index is -4.65. The van der Waals surface area contributed by atoms with Crippen molar-refractivity contribution in [3.05, 3.63) is 53.1 Å². The maximum Gasteiger partial charge on any atom is 0.417 e. The van der Waals surface area contributed by atoms with E-state index in [0.29, 0.717) is 16.3 Å². The van der Waals surface area contributed by atoms with Crippen LogP contribution in [0, 0.1) is 0 Å². The molecule has 0 aliphatic rings. The molecule has 0 aliphatic heterocycles. The second-order valence-corrected chi connectivity index (χ2v) is 7.64. The maximum absolute atomic E-state index is 13.0. The van der Waals surface area contributed by atoms with Gasteiger partial charge < -0.3 is 20.9 Å². The van der Waals surface area contributed by atoms with Gasteiger partial charge in [-0.1, -0.05) is 11.6 Å². The maximum atomic E-state index is 13.0. The number of nitrogens with one attached hydrogen (secondary N) is 4. The first-order valence-corrected chi connectivity index (χ1v) is 9.92. The first kappa shape index (κ1) is 25.2. The summed E-state index contributed by atoms with van der Waals surface area (Å²) in [6.07, 6.45) is -4.65. The first-order valence-electron chi connectivity index (χ1n) is 9.54. The molecule has 2 aromatic rings. The summed E-state index contributed by atoms with van der Waals surface area (Å²) in [5.41, 5.74) is -0.00119. The summed E-state index contributed by atoms with van der Waals surface area (Å²) in [6.45, 7) is 2.85. The van der Waals surface area contributed by atoms with Crippen LogP contribution in [0.2, 0.25) is 5.02 Å².